The molecule has 2 atom stereocenters. The number of hydrogen-bond donors (Lipinski definition) is 4. The van der Waals surface area contributed by atoms with Gasteiger partial charge in [0.05, 0.1) is 6.42 Å². The summed E-state index contributed by atoms with van der Waals surface area (Å²) in [6.07, 6.45) is -1.60. The Balaban J connectivity index is 4.53. The van der Waals surface area contributed by atoms with E-state index in [2.05, 4.69) is 5.32 Å². The van der Waals surface area contributed by atoms with Gasteiger partial charge in [0.1, 0.15) is 17.7 Å². The Morgan fingerprint density at radius 1 is 1.10 bits per heavy atom. The van der Waals surface area contributed by atoms with Crippen molar-refractivity contribution in [3.05, 3.63) is 0 Å². The molecule has 0 aromatic rings. The number of carbonyl (C=O) groups excluding carboxylic acids is 2. The van der Waals surface area contributed by atoms with E-state index in [-0.39, 0.29) is 0 Å². The van der Waals surface area contributed by atoms with Crippen LogP contribution in [-0.4, -0.2) is 51.8 Å². The molecule has 0 aliphatic rings. The van der Waals surface area contributed by atoms with Gasteiger partial charge >= 0.3 is 18.0 Å². The number of carboxylic acids is 2. The minimum absolute atomic E-state index is 0.743. The molecule has 0 spiro atoms. The van der Waals surface area contributed by atoms with Crippen molar-refractivity contribution in [2.24, 2.45) is 0 Å². The number of hydrogen-bond acceptors (Lipinski definition) is 5. The average Bonchev–Trinajstić information content (AvgIpc) is 2.24. The van der Waals surface area contributed by atoms with E-state index in [4.69, 9.17) is 14.9 Å². The molecule has 4 N–H and O–H groups in total. The van der Waals surface area contributed by atoms with Gasteiger partial charge in [-0.25, -0.2) is 9.59 Å². The minimum atomic E-state index is -1.57. The molecule has 9 heteroatoms. The van der Waals surface area contributed by atoms with Gasteiger partial charge in [-0.3, -0.25) is 9.59 Å². The van der Waals surface area contributed by atoms with Gasteiger partial charge in [0.15, 0.2) is 0 Å². The van der Waals surface area contributed by atoms with Crippen molar-refractivity contribution in [1.82, 2.24) is 10.6 Å². The molecule has 0 bridgehead atoms. The first-order valence-corrected chi connectivity index (χ1v) is 6.17. The summed E-state index contributed by atoms with van der Waals surface area (Å²) in [6.45, 7) is 6.25. The van der Waals surface area contributed by atoms with Crippen molar-refractivity contribution >= 4 is 23.9 Å². The average molecular weight is 304 g/mol. The van der Waals surface area contributed by atoms with Crippen LogP contribution in [0.15, 0.2) is 0 Å². The third-order valence-electron chi connectivity index (χ3n) is 2.12. The summed E-state index contributed by atoms with van der Waals surface area (Å²) >= 11 is 0. The zero-order valence-corrected chi connectivity index (χ0v) is 12.3. The van der Waals surface area contributed by atoms with Crippen molar-refractivity contribution in [3.8, 4) is 0 Å². The quantitative estimate of drug-likeness (QED) is 0.538. The van der Waals surface area contributed by atoms with Gasteiger partial charge in [-0.1, -0.05) is 0 Å². The summed E-state index contributed by atoms with van der Waals surface area (Å²) < 4.78 is 4.94. The summed E-state index contributed by atoms with van der Waals surface area (Å²) in [4.78, 5) is 44.5. The maximum Gasteiger partial charge on any atom is 0.408 e. The lowest BCUT2D eigenvalue weighted by Gasteiger charge is -2.22. The Labute approximate surface area is 121 Å². The lowest BCUT2D eigenvalue weighted by atomic mass is 10.2. The molecule has 9 nitrogen and oxygen atoms in total. The molecule has 0 fully saturated rings. The largest absolute Gasteiger partial charge is 0.481 e. The second-order valence-electron chi connectivity index (χ2n) is 5.37. The molecule has 0 saturated carbocycles. The predicted octanol–water partition coefficient (Wildman–Crippen LogP) is -0.0563. The molecule has 0 aromatic heterocycles. The van der Waals surface area contributed by atoms with E-state index in [1.165, 1.54) is 6.92 Å². The van der Waals surface area contributed by atoms with Crippen molar-refractivity contribution in [1.29, 1.82) is 0 Å². The van der Waals surface area contributed by atoms with Crippen molar-refractivity contribution in [2.75, 3.05) is 0 Å². The maximum atomic E-state index is 11.7. The standard InChI is InChI=1S/C12H20N2O7/c1-6(13-11(20)21-12(2,3)4)9(17)14-7(10(18)19)5-8(15)16/h6-7H,5H2,1-4H3,(H,13,20)(H,14,17)(H,15,16)(H,18,19)/t6-,7-/m0/s1. The lowest BCUT2D eigenvalue weighted by molar-refractivity contribution is -0.147. The first-order chi connectivity index (χ1) is 9.42. The van der Waals surface area contributed by atoms with Crippen LogP contribution in [0, 0.1) is 0 Å². The highest BCUT2D eigenvalue weighted by atomic mass is 16.6. The molecule has 21 heavy (non-hydrogen) atoms. The Kier molecular flexibility index (Phi) is 6.64. The molecule has 0 aliphatic carbocycles. The summed E-state index contributed by atoms with van der Waals surface area (Å²) in [5, 5.41) is 21.6. The summed E-state index contributed by atoms with van der Waals surface area (Å²) in [6, 6.07) is -2.65. The van der Waals surface area contributed by atoms with Crippen LogP contribution in [0.3, 0.4) is 0 Å². The lowest BCUT2D eigenvalue weighted by Crippen LogP contribution is -2.51. The molecular weight excluding hydrogens is 284 g/mol. The van der Waals surface area contributed by atoms with Gasteiger partial charge in [0.2, 0.25) is 5.91 Å². The van der Waals surface area contributed by atoms with Crippen LogP contribution in [0.4, 0.5) is 4.79 Å². The van der Waals surface area contributed by atoms with Crippen LogP contribution in [0.5, 0.6) is 0 Å². The van der Waals surface area contributed by atoms with Crippen LogP contribution >= 0.6 is 0 Å². The third-order valence-corrected chi connectivity index (χ3v) is 2.12. The van der Waals surface area contributed by atoms with E-state index in [1.54, 1.807) is 20.8 Å². The third kappa shape index (κ3) is 8.45. The van der Waals surface area contributed by atoms with E-state index >= 15 is 0 Å². The van der Waals surface area contributed by atoms with Gasteiger partial charge in [-0.05, 0) is 27.7 Å². The first-order valence-electron chi connectivity index (χ1n) is 6.17. The second kappa shape index (κ2) is 7.46. The molecule has 0 heterocycles. The zero-order valence-electron chi connectivity index (χ0n) is 12.3. The number of alkyl carbamates (subject to hydrolysis) is 1. The fourth-order valence-corrected chi connectivity index (χ4v) is 1.22. The van der Waals surface area contributed by atoms with Crippen molar-refractivity contribution in [2.45, 2.75) is 51.8 Å². The summed E-state index contributed by atoms with van der Waals surface area (Å²) in [5.74, 6) is -3.67. The SMILES string of the molecule is C[C@H](NC(=O)OC(C)(C)C)C(=O)N[C@@H](CC(=O)O)C(=O)O. The van der Waals surface area contributed by atoms with Crippen LogP contribution in [0.1, 0.15) is 34.1 Å². The van der Waals surface area contributed by atoms with Gasteiger partial charge in [-0.2, -0.15) is 0 Å². The molecule has 0 rings (SSSR count). The highest BCUT2D eigenvalue weighted by Gasteiger charge is 2.27. The maximum absolute atomic E-state index is 11.7. The summed E-state index contributed by atoms with van der Waals surface area (Å²) in [5.41, 5.74) is -0.743. The topological polar surface area (TPSA) is 142 Å². The van der Waals surface area contributed by atoms with E-state index in [1.807, 2.05) is 5.32 Å². The number of aliphatic carboxylic acids is 2. The van der Waals surface area contributed by atoms with E-state index < -0.39 is 48.0 Å². The van der Waals surface area contributed by atoms with Crippen LogP contribution in [0.25, 0.3) is 0 Å². The van der Waals surface area contributed by atoms with E-state index in [9.17, 15) is 19.2 Å². The Morgan fingerprint density at radius 2 is 1.62 bits per heavy atom. The van der Waals surface area contributed by atoms with Gasteiger partial charge in [0, 0.05) is 0 Å². The molecule has 0 radical (unpaired) electrons. The molecule has 0 aliphatic heterocycles. The van der Waals surface area contributed by atoms with Gasteiger partial charge in [0.25, 0.3) is 0 Å². The summed E-state index contributed by atoms with van der Waals surface area (Å²) in [7, 11) is 0. The van der Waals surface area contributed by atoms with Crippen LogP contribution in [-0.2, 0) is 19.1 Å². The number of carbonyl (C=O) groups is 4. The second-order valence-corrected chi connectivity index (χ2v) is 5.37. The van der Waals surface area contributed by atoms with Crippen molar-refractivity contribution < 1.29 is 34.1 Å². The predicted molar refractivity (Wildman–Crippen MR) is 70.7 cm³/mol. The number of rotatable bonds is 6. The minimum Gasteiger partial charge on any atom is -0.481 e. The smallest absolute Gasteiger partial charge is 0.408 e. The number of amides is 2. The number of nitrogens with one attached hydrogen (secondary N) is 2. The normalized spacial score (nSPS) is 13.7. The Morgan fingerprint density at radius 3 is 2.00 bits per heavy atom. The molecule has 0 saturated heterocycles. The number of ether oxygens (including phenoxy) is 1. The number of carboxylic acid groups (broad SMARTS) is 2. The van der Waals surface area contributed by atoms with Crippen molar-refractivity contribution in [3.63, 3.8) is 0 Å². The molecular formula is C12H20N2O7. The van der Waals surface area contributed by atoms with Crippen LogP contribution < -0.4 is 10.6 Å². The fraction of sp³-hybridized carbons (Fsp3) is 0.667. The highest BCUT2D eigenvalue weighted by molar-refractivity contribution is 5.90. The monoisotopic (exact) mass is 304 g/mol. The molecule has 120 valence electrons. The fourth-order valence-electron chi connectivity index (χ4n) is 1.22. The van der Waals surface area contributed by atoms with Crippen LogP contribution in [0.2, 0.25) is 0 Å². The first kappa shape index (κ1) is 18.7. The molecule has 2 amide bonds. The zero-order chi connectivity index (χ0) is 16.8. The van der Waals surface area contributed by atoms with Gasteiger partial charge in [-0.15, -0.1) is 0 Å². The molecule has 0 aromatic carbocycles. The van der Waals surface area contributed by atoms with E-state index in [0.29, 0.717) is 0 Å². The highest BCUT2D eigenvalue weighted by Crippen LogP contribution is 2.06. The Hall–Kier alpha value is -2.32. The Bertz CT molecular complexity index is 428. The van der Waals surface area contributed by atoms with E-state index in [0.717, 1.165) is 0 Å². The molecule has 0 unspecified atom stereocenters. The van der Waals surface area contributed by atoms with Gasteiger partial charge < -0.3 is 25.6 Å².